The van der Waals surface area contributed by atoms with E-state index in [0.29, 0.717) is 6.42 Å². The summed E-state index contributed by atoms with van der Waals surface area (Å²) >= 11 is 0. The number of benzene rings is 1. The van der Waals surface area contributed by atoms with Gasteiger partial charge in [0.25, 0.3) is 0 Å². The molecule has 0 saturated carbocycles. The molecule has 1 N–H and O–H groups in total. The van der Waals surface area contributed by atoms with E-state index in [4.69, 9.17) is 9.84 Å². The van der Waals surface area contributed by atoms with Crippen molar-refractivity contribution in [1.82, 2.24) is 0 Å². The molecule has 1 rings (SSSR count). The summed E-state index contributed by atoms with van der Waals surface area (Å²) in [6.45, 7) is 2.26. The Morgan fingerprint density at radius 2 is 1.27 bits per heavy atom. The first-order valence-corrected chi connectivity index (χ1v) is 11.2. The zero-order valence-corrected chi connectivity index (χ0v) is 20.7. The van der Waals surface area contributed by atoms with Gasteiger partial charge in [0.15, 0.2) is 0 Å². The molecular weight excluding hydrogens is 419 g/mol. The minimum atomic E-state index is -0.664. The molecule has 0 unspecified atom stereocenters. The molecule has 0 atom stereocenters. The number of unbranched alkanes of at least 4 members (excludes halogenated alkanes) is 11. The topological polar surface area (TPSA) is 46.5 Å². The van der Waals surface area contributed by atoms with E-state index in [-0.39, 0.29) is 24.8 Å². The minimum absolute atomic E-state index is 0. The Bertz CT molecular complexity index is 479. The van der Waals surface area contributed by atoms with Gasteiger partial charge in [-0.3, -0.25) is 4.79 Å². The number of aliphatic carboxylic acids is 1. The Balaban J connectivity index is -0.000000611. The molecule has 0 saturated heterocycles. The highest BCUT2D eigenvalue weighted by atomic mass is 35.5. The summed E-state index contributed by atoms with van der Waals surface area (Å²) in [7, 11) is 1.66. The number of carboxylic acids is 1. The molecule has 0 aliphatic carbocycles. The van der Waals surface area contributed by atoms with Crippen molar-refractivity contribution in [3.8, 4) is 5.75 Å². The van der Waals surface area contributed by atoms with Gasteiger partial charge in [0, 0.05) is 6.42 Å². The summed E-state index contributed by atoms with van der Waals surface area (Å²) in [5, 5.41) is 8.51. The van der Waals surface area contributed by atoms with Crippen molar-refractivity contribution in [2.45, 2.75) is 96.8 Å². The van der Waals surface area contributed by atoms with E-state index in [1.807, 2.05) is 30.3 Å². The Kier molecular flexibility index (Phi) is 31.0. The van der Waals surface area contributed by atoms with Crippen LogP contribution in [0.15, 0.2) is 42.5 Å². The van der Waals surface area contributed by atoms with Crippen LogP contribution in [0.2, 0.25) is 0 Å². The van der Waals surface area contributed by atoms with E-state index in [2.05, 4.69) is 19.1 Å². The number of methoxy groups -OCH3 is 1. The van der Waals surface area contributed by atoms with E-state index < -0.39 is 5.97 Å². The van der Waals surface area contributed by atoms with Crippen molar-refractivity contribution in [3.05, 3.63) is 42.5 Å². The summed E-state index contributed by atoms with van der Waals surface area (Å²) in [5.74, 6) is 0.245. The molecule has 0 spiro atoms. The normalized spacial score (nSPS) is 9.80. The summed E-state index contributed by atoms with van der Waals surface area (Å²) in [6.07, 6.45) is 21.2. The first-order chi connectivity index (χ1) is 13.7. The van der Waals surface area contributed by atoms with Crippen molar-refractivity contribution in [2.24, 2.45) is 0 Å². The highest BCUT2D eigenvalue weighted by Crippen LogP contribution is 2.10. The van der Waals surface area contributed by atoms with Gasteiger partial charge in [-0.2, -0.15) is 0 Å². The monoisotopic (exact) mass is 462 g/mol. The maximum Gasteiger partial charge on any atom is 0.303 e. The number of halogens is 2. The smallest absolute Gasteiger partial charge is 0.303 e. The predicted octanol–water partition coefficient (Wildman–Crippen LogP) is 8.65. The molecule has 5 heteroatoms. The van der Waals surface area contributed by atoms with Crippen LogP contribution in [0.4, 0.5) is 0 Å². The van der Waals surface area contributed by atoms with Gasteiger partial charge in [-0.05, 0) is 44.2 Å². The SMILES string of the molecule is CCCCCCCCC=CCCCCCCCC(=O)O.COc1ccccc1.Cl.Cl. The first-order valence-electron chi connectivity index (χ1n) is 11.2. The van der Waals surface area contributed by atoms with Crippen LogP contribution in [0.3, 0.4) is 0 Å². The van der Waals surface area contributed by atoms with Crippen LogP contribution in [0, 0.1) is 0 Å². The fourth-order valence-corrected chi connectivity index (χ4v) is 2.90. The van der Waals surface area contributed by atoms with Crippen LogP contribution in [0.25, 0.3) is 0 Å². The zero-order valence-electron chi connectivity index (χ0n) is 19.0. The molecule has 0 bridgehead atoms. The molecule has 0 heterocycles. The molecule has 0 amide bonds. The van der Waals surface area contributed by atoms with Gasteiger partial charge in [0.2, 0.25) is 0 Å². The van der Waals surface area contributed by atoms with Gasteiger partial charge < -0.3 is 9.84 Å². The molecule has 30 heavy (non-hydrogen) atoms. The maximum absolute atomic E-state index is 10.3. The van der Waals surface area contributed by atoms with Gasteiger partial charge in [-0.15, -0.1) is 24.8 Å². The Hall–Kier alpha value is -1.19. The molecule has 1 aromatic rings. The second kappa shape index (κ2) is 27.8. The van der Waals surface area contributed by atoms with E-state index >= 15 is 0 Å². The van der Waals surface area contributed by atoms with E-state index in [0.717, 1.165) is 18.6 Å². The highest BCUT2D eigenvalue weighted by molar-refractivity contribution is 5.85. The van der Waals surface area contributed by atoms with Gasteiger partial charge >= 0.3 is 5.97 Å². The average Bonchev–Trinajstić information content (AvgIpc) is 2.72. The lowest BCUT2D eigenvalue weighted by atomic mass is 10.1. The second-order valence-corrected chi connectivity index (χ2v) is 7.25. The first kappa shape index (κ1) is 33.4. The Labute approximate surface area is 197 Å². The largest absolute Gasteiger partial charge is 0.497 e. The van der Waals surface area contributed by atoms with Crippen molar-refractivity contribution in [2.75, 3.05) is 7.11 Å². The van der Waals surface area contributed by atoms with Gasteiger partial charge in [0.1, 0.15) is 5.75 Å². The van der Waals surface area contributed by atoms with Crippen LogP contribution in [-0.4, -0.2) is 18.2 Å². The quantitative estimate of drug-likeness (QED) is 0.197. The van der Waals surface area contributed by atoms with Crippen molar-refractivity contribution in [3.63, 3.8) is 0 Å². The molecule has 0 aliphatic heterocycles. The van der Waals surface area contributed by atoms with Crippen LogP contribution in [0.1, 0.15) is 96.8 Å². The van der Waals surface area contributed by atoms with Gasteiger partial charge in [-0.1, -0.05) is 88.6 Å². The maximum atomic E-state index is 10.3. The third-order valence-electron chi connectivity index (χ3n) is 4.63. The number of para-hydroxylation sites is 1. The molecule has 0 fully saturated rings. The molecule has 3 nitrogen and oxygen atoms in total. The Morgan fingerprint density at radius 1 is 0.800 bits per heavy atom. The lowest BCUT2D eigenvalue weighted by molar-refractivity contribution is -0.137. The lowest BCUT2D eigenvalue weighted by Crippen LogP contribution is -1.93. The van der Waals surface area contributed by atoms with Crippen LogP contribution in [0.5, 0.6) is 5.75 Å². The van der Waals surface area contributed by atoms with E-state index in [1.54, 1.807) is 7.11 Å². The van der Waals surface area contributed by atoms with Crippen LogP contribution in [-0.2, 0) is 4.79 Å². The fourth-order valence-electron chi connectivity index (χ4n) is 2.90. The number of allylic oxidation sites excluding steroid dienone is 2. The van der Waals surface area contributed by atoms with Crippen molar-refractivity contribution < 1.29 is 14.6 Å². The van der Waals surface area contributed by atoms with Crippen molar-refractivity contribution >= 4 is 30.8 Å². The molecule has 1 aromatic carbocycles. The Morgan fingerprint density at radius 3 is 1.70 bits per heavy atom. The molecule has 176 valence electrons. The second-order valence-electron chi connectivity index (χ2n) is 7.25. The minimum Gasteiger partial charge on any atom is -0.497 e. The molecule has 0 aliphatic rings. The number of ether oxygens (including phenoxy) is 1. The third-order valence-corrected chi connectivity index (χ3v) is 4.63. The summed E-state index contributed by atoms with van der Waals surface area (Å²) < 4.78 is 4.91. The summed E-state index contributed by atoms with van der Waals surface area (Å²) in [5.41, 5.74) is 0. The van der Waals surface area contributed by atoms with Crippen LogP contribution >= 0.6 is 24.8 Å². The van der Waals surface area contributed by atoms with E-state index in [1.165, 1.54) is 70.6 Å². The lowest BCUT2D eigenvalue weighted by Gasteiger charge is -1.99. The van der Waals surface area contributed by atoms with Gasteiger partial charge in [-0.25, -0.2) is 0 Å². The number of hydrogen-bond acceptors (Lipinski definition) is 2. The third kappa shape index (κ3) is 26.8. The predicted molar refractivity (Wildman–Crippen MR) is 135 cm³/mol. The number of carbonyl (C=O) groups is 1. The fraction of sp³-hybridized carbons (Fsp3) is 0.640. The number of carboxylic acid groups (broad SMARTS) is 1. The highest BCUT2D eigenvalue weighted by Gasteiger charge is 1.95. The van der Waals surface area contributed by atoms with Gasteiger partial charge in [0.05, 0.1) is 7.11 Å². The van der Waals surface area contributed by atoms with E-state index in [9.17, 15) is 4.79 Å². The summed E-state index contributed by atoms with van der Waals surface area (Å²) in [6, 6.07) is 9.68. The average molecular weight is 464 g/mol. The number of rotatable bonds is 16. The molecular formula is C25H44Cl2O3. The van der Waals surface area contributed by atoms with Crippen LogP contribution < -0.4 is 4.74 Å². The number of hydrogen-bond donors (Lipinski definition) is 1. The van der Waals surface area contributed by atoms with Crippen molar-refractivity contribution in [1.29, 1.82) is 0 Å². The summed E-state index contributed by atoms with van der Waals surface area (Å²) in [4.78, 5) is 10.3. The molecule has 0 aromatic heterocycles. The molecule has 0 radical (unpaired) electrons. The zero-order chi connectivity index (χ0) is 20.7. The standard InChI is InChI=1S/C18H34O2.C7H8O.2ClH/c1-2-3-4-5-6-7-8-9-10-11-12-13-14-15-16-17-18(19)20;1-8-7-5-3-2-4-6-7;;/h9-10H,2-8,11-17H2,1H3,(H,19,20);2-6H,1H3;2*1H.